The Kier molecular flexibility index (Phi) is 5.44. The van der Waals surface area contributed by atoms with Crippen molar-refractivity contribution in [1.82, 2.24) is 0 Å². The van der Waals surface area contributed by atoms with Gasteiger partial charge in [-0.15, -0.1) is 0 Å². The number of hydrogen-bond acceptors (Lipinski definition) is 4. The van der Waals surface area contributed by atoms with Crippen molar-refractivity contribution >= 4 is 21.7 Å². The highest BCUT2D eigenvalue weighted by Crippen LogP contribution is 2.36. The maximum Gasteiger partial charge on any atom is 0.173 e. The Morgan fingerprint density at radius 3 is 2.71 bits per heavy atom. The van der Waals surface area contributed by atoms with E-state index < -0.39 is 0 Å². The average molecular weight is 302 g/mol. The SMILES string of the molecule is CCOc1c(OC)ccc(Br)c1C(=O)CCN. The highest BCUT2D eigenvalue weighted by molar-refractivity contribution is 9.10. The molecule has 2 N–H and O–H groups in total. The van der Waals surface area contributed by atoms with Crippen LogP contribution in [0, 0.1) is 0 Å². The van der Waals surface area contributed by atoms with E-state index in [1.54, 1.807) is 19.2 Å². The van der Waals surface area contributed by atoms with E-state index in [2.05, 4.69) is 15.9 Å². The third-order valence-corrected chi connectivity index (χ3v) is 2.89. The molecule has 0 aromatic heterocycles. The van der Waals surface area contributed by atoms with Crippen molar-refractivity contribution in [3.8, 4) is 11.5 Å². The maximum atomic E-state index is 12.0. The molecule has 0 spiro atoms. The normalized spacial score (nSPS) is 10.1. The van der Waals surface area contributed by atoms with E-state index in [4.69, 9.17) is 15.2 Å². The Morgan fingerprint density at radius 2 is 2.18 bits per heavy atom. The molecule has 0 atom stereocenters. The second-order valence-electron chi connectivity index (χ2n) is 3.35. The molecule has 0 aliphatic rings. The lowest BCUT2D eigenvalue weighted by molar-refractivity contribution is 0.0980. The Labute approximate surface area is 109 Å². The predicted molar refractivity (Wildman–Crippen MR) is 69.9 cm³/mol. The summed E-state index contributed by atoms with van der Waals surface area (Å²) >= 11 is 3.35. The minimum atomic E-state index is -0.0540. The van der Waals surface area contributed by atoms with Crippen molar-refractivity contribution in [3.63, 3.8) is 0 Å². The van der Waals surface area contributed by atoms with Gasteiger partial charge in [0.05, 0.1) is 19.3 Å². The number of carbonyl (C=O) groups excluding carboxylic acids is 1. The highest BCUT2D eigenvalue weighted by Gasteiger charge is 2.19. The number of ether oxygens (including phenoxy) is 2. The zero-order chi connectivity index (χ0) is 12.8. The van der Waals surface area contributed by atoms with Gasteiger partial charge in [-0.25, -0.2) is 0 Å². The molecule has 5 heteroatoms. The van der Waals surface area contributed by atoms with Crippen LogP contribution in [0.4, 0.5) is 0 Å². The first kappa shape index (κ1) is 14.0. The molecule has 1 aromatic carbocycles. The smallest absolute Gasteiger partial charge is 0.173 e. The molecular weight excluding hydrogens is 286 g/mol. The van der Waals surface area contributed by atoms with Crippen LogP contribution >= 0.6 is 15.9 Å². The van der Waals surface area contributed by atoms with Crippen LogP contribution in [0.15, 0.2) is 16.6 Å². The first-order valence-electron chi connectivity index (χ1n) is 5.38. The van der Waals surface area contributed by atoms with Gasteiger partial charge in [-0.3, -0.25) is 4.79 Å². The first-order valence-corrected chi connectivity index (χ1v) is 6.17. The maximum absolute atomic E-state index is 12.0. The van der Waals surface area contributed by atoms with Crippen LogP contribution in [0.5, 0.6) is 11.5 Å². The fraction of sp³-hybridized carbons (Fsp3) is 0.417. The Hall–Kier alpha value is -1.07. The number of rotatable bonds is 6. The van der Waals surface area contributed by atoms with E-state index in [1.165, 1.54) is 0 Å². The van der Waals surface area contributed by atoms with Gasteiger partial charge in [0.1, 0.15) is 0 Å². The van der Waals surface area contributed by atoms with Crippen LogP contribution < -0.4 is 15.2 Å². The van der Waals surface area contributed by atoms with Gasteiger partial charge in [-0.2, -0.15) is 0 Å². The molecule has 0 fully saturated rings. The summed E-state index contributed by atoms with van der Waals surface area (Å²) in [6.45, 7) is 2.64. The molecule has 1 aromatic rings. The number of Topliss-reactive ketones (excluding diaryl/α,β-unsaturated/α-hetero) is 1. The fourth-order valence-electron chi connectivity index (χ4n) is 1.50. The summed E-state index contributed by atoms with van der Waals surface area (Å²) in [5.41, 5.74) is 5.90. The van der Waals surface area contributed by atoms with Crippen molar-refractivity contribution < 1.29 is 14.3 Å². The second-order valence-corrected chi connectivity index (χ2v) is 4.20. The topological polar surface area (TPSA) is 61.5 Å². The number of nitrogens with two attached hydrogens (primary N) is 1. The minimum absolute atomic E-state index is 0.0540. The van der Waals surface area contributed by atoms with Gasteiger partial charge in [0.15, 0.2) is 17.3 Å². The number of halogens is 1. The molecule has 0 heterocycles. The molecule has 0 aliphatic carbocycles. The summed E-state index contributed by atoms with van der Waals surface area (Å²) in [5, 5.41) is 0. The molecule has 0 saturated carbocycles. The molecule has 1 rings (SSSR count). The van der Waals surface area contributed by atoms with Crippen LogP contribution in [0.1, 0.15) is 23.7 Å². The van der Waals surface area contributed by atoms with Gasteiger partial charge < -0.3 is 15.2 Å². The van der Waals surface area contributed by atoms with Gasteiger partial charge in [-0.05, 0) is 41.5 Å². The number of ketones is 1. The Bertz CT molecular complexity index is 407. The first-order chi connectivity index (χ1) is 8.15. The molecule has 17 heavy (non-hydrogen) atoms. The minimum Gasteiger partial charge on any atom is -0.493 e. The van der Waals surface area contributed by atoms with Crippen molar-refractivity contribution in [3.05, 3.63) is 22.2 Å². The third-order valence-electron chi connectivity index (χ3n) is 2.23. The lowest BCUT2D eigenvalue weighted by atomic mass is 10.1. The summed E-state index contributed by atoms with van der Waals surface area (Å²) < 4.78 is 11.4. The van der Waals surface area contributed by atoms with Crippen LogP contribution in [0.3, 0.4) is 0 Å². The molecule has 0 aliphatic heterocycles. The Balaban J connectivity index is 3.27. The van der Waals surface area contributed by atoms with Crippen molar-refractivity contribution in [1.29, 1.82) is 0 Å². The number of methoxy groups -OCH3 is 1. The van der Waals surface area contributed by atoms with Crippen LogP contribution in [0.2, 0.25) is 0 Å². The summed E-state index contributed by atoms with van der Waals surface area (Å²) in [6.07, 6.45) is 0.284. The lowest BCUT2D eigenvalue weighted by Gasteiger charge is -2.14. The van der Waals surface area contributed by atoms with Crippen molar-refractivity contribution in [2.75, 3.05) is 20.3 Å². The van der Waals surface area contributed by atoms with E-state index in [0.29, 0.717) is 34.7 Å². The van der Waals surface area contributed by atoms with Crippen LogP contribution in [0.25, 0.3) is 0 Å². The molecule has 4 nitrogen and oxygen atoms in total. The molecular formula is C12H16BrNO3. The molecule has 94 valence electrons. The largest absolute Gasteiger partial charge is 0.493 e. The van der Waals surface area contributed by atoms with Crippen molar-refractivity contribution in [2.24, 2.45) is 5.73 Å². The zero-order valence-electron chi connectivity index (χ0n) is 9.96. The highest BCUT2D eigenvalue weighted by atomic mass is 79.9. The van der Waals surface area contributed by atoms with Gasteiger partial charge in [0.25, 0.3) is 0 Å². The van der Waals surface area contributed by atoms with E-state index in [0.717, 1.165) is 0 Å². The van der Waals surface area contributed by atoms with Gasteiger partial charge in [0, 0.05) is 10.9 Å². The van der Waals surface area contributed by atoms with E-state index in [9.17, 15) is 4.79 Å². The van der Waals surface area contributed by atoms with Crippen LogP contribution in [-0.2, 0) is 0 Å². The quantitative estimate of drug-likeness (QED) is 0.820. The van der Waals surface area contributed by atoms with E-state index >= 15 is 0 Å². The third kappa shape index (κ3) is 3.20. The molecule has 0 radical (unpaired) electrons. The Morgan fingerprint density at radius 1 is 1.47 bits per heavy atom. The average Bonchev–Trinajstić information content (AvgIpc) is 2.30. The second kappa shape index (κ2) is 6.61. The van der Waals surface area contributed by atoms with Gasteiger partial charge >= 0.3 is 0 Å². The summed E-state index contributed by atoms with van der Waals surface area (Å²) in [7, 11) is 1.54. The zero-order valence-corrected chi connectivity index (χ0v) is 11.5. The number of carbonyl (C=O) groups is 1. The standard InChI is InChI=1S/C12H16BrNO3/c1-3-17-12-10(16-2)5-4-8(13)11(12)9(15)6-7-14/h4-5H,3,6-7,14H2,1-2H3. The summed E-state index contributed by atoms with van der Waals surface area (Å²) in [4.78, 5) is 12.0. The monoisotopic (exact) mass is 301 g/mol. The molecule has 0 bridgehead atoms. The summed E-state index contributed by atoms with van der Waals surface area (Å²) in [5.74, 6) is 0.972. The molecule has 0 saturated heterocycles. The fourth-order valence-corrected chi connectivity index (χ4v) is 2.04. The molecule has 0 amide bonds. The molecule has 0 unspecified atom stereocenters. The predicted octanol–water partition coefficient (Wildman–Crippen LogP) is 2.39. The lowest BCUT2D eigenvalue weighted by Crippen LogP contribution is -2.11. The number of benzene rings is 1. The van der Waals surface area contributed by atoms with E-state index in [-0.39, 0.29) is 12.2 Å². The summed E-state index contributed by atoms with van der Waals surface area (Å²) in [6, 6.07) is 3.53. The number of hydrogen-bond donors (Lipinski definition) is 1. The van der Waals surface area contributed by atoms with Crippen LogP contribution in [-0.4, -0.2) is 26.0 Å². The van der Waals surface area contributed by atoms with Crippen molar-refractivity contribution in [2.45, 2.75) is 13.3 Å². The van der Waals surface area contributed by atoms with Gasteiger partial charge in [0.2, 0.25) is 0 Å². The van der Waals surface area contributed by atoms with E-state index in [1.807, 2.05) is 6.92 Å². The van der Waals surface area contributed by atoms with Gasteiger partial charge in [-0.1, -0.05) is 0 Å².